The highest BCUT2D eigenvalue weighted by Crippen LogP contribution is 2.33. The summed E-state index contributed by atoms with van der Waals surface area (Å²) in [5.74, 6) is 1.90. The smallest absolute Gasteiger partial charge is 0.0113 e. The third-order valence-corrected chi connectivity index (χ3v) is 6.49. The van der Waals surface area contributed by atoms with Gasteiger partial charge >= 0.3 is 0 Å². The second kappa shape index (κ2) is 7.97. The summed E-state index contributed by atoms with van der Waals surface area (Å²) in [6.07, 6.45) is 17.2. The zero-order valence-electron chi connectivity index (χ0n) is 14.1. The lowest BCUT2D eigenvalue weighted by Gasteiger charge is -2.42. The first-order valence-corrected chi connectivity index (χ1v) is 9.86. The minimum atomic E-state index is 0.801. The molecule has 1 saturated heterocycles. The Hall–Kier alpha value is -0.0800. The molecule has 1 aliphatic heterocycles. The van der Waals surface area contributed by atoms with Gasteiger partial charge in [0.15, 0.2) is 0 Å². The zero-order chi connectivity index (χ0) is 14.5. The van der Waals surface area contributed by atoms with E-state index in [2.05, 4.69) is 17.6 Å². The van der Waals surface area contributed by atoms with E-state index in [1.165, 1.54) is 83.6 Å². The highest BCUT2D eigenvalue weighted by molar-refractivity contribution is 4.92. The number of hydrogen-bond donors (Lipinski definition) is 2. The van der Waals surface area contributed by atoms with Gasteiger partial charge < -0.3 is 10.6 Å². The molecule has 0 aromatic carbocycles. The van der Waals surface area contributed by atoms with Gasteiger partial charge in [-0.05, 0) is 56.9 Å². The van der Waals surface area contributed by atoms with Crippen molar-refractivity contribution in [2.45, 2.75) is 102 Å². The lowest BCUT2D eigenvalue weighted by atomic mass is 9.76. The molecule has 0 radical (unpaired) electrons. The SMILES string of the molecule is CCC1CCCC(NC2CCCCC2C2CCCCN2)C1. The third-order valence-electron chi connectivity index (χ3n) is 6.49. The average Bonchev–Trinajstić information content (AvgIpc) is 2.56. The number of nitrogens with one attached hydrogen (secondary N) is 2. The summed E-state index contributed by atoms with van der Waals surface area (Å²) in [7, 11) is 0. The molecule has 5 atom stereocenters. The highest BCUT2D eigenvalue weighted by Gasteiger charge is 2.34. The fourth-order valence-corrected chi connectivity index (χ4v) is 5.21. The van der Waals surface area contributed by atoms with Crippen LogP contribution in [0.4, 0.5) is 0 Å². The normalized spacial score (nSPS) is 41.9. The van der Waals surface area contributed by atoms with Crippen LogP contribution in [-0.4, -0.2) is 24.7 Å². The summed E-state index contributed by atoms with van der Waals surface area (Å²) in [4.78, 5) is 0. The molecule has 3 rings (SSSR count). The van der Waals surface area contributed by atoms with E-state index in [4.69, 9.17) is 0 Å². The van der Waals surface area contributed by atoms with E-state index in [1.807, 2.05) is 0 Å². The Morgan fingerprint density at radius 3 is 2.57 bits per heavy atom. The van der Waals surface area contributed by atoms with Crippen LogP contribution in [0.2, 0.25) is 0 Å². The van der Waals surface area contributed by atoms with Gasteiger partial charge in [-0.1, -0.05) is 45.4 Å². The van der Waals surface area contributed by atoms with Crippen LogP contribution in [-0.2, 0) is 0 Å². The fraction of sp³-hybridized carbons (Fsp3) is 1.00. The second-order valence-electron chi connectivity index (χ2n) is 7.92. The molecule has 5 unspecified atom stereocenters. The van der Waals surface area contributed by atoms with Crippen LogP contribution >= 0.6 is 0 Å². The molecule has 122 valence electrons. The van der Waals surface area contributed by atoms with Crippen molar-refractivity contribution in [3.05, 3.63) is 0 Å². The number of piperidine rings is 1. The van der Waals surface area contributed by atoms with Gasteiger partial charge in [-0.25, -0.2) is 0 Å². The predicted octanol–water partition coefficient (Wildman–Crippen LogP) is 4.25. The molecule has 2 nitrogen and oxygen atoms in total. The van der Waals surface area contributed by atoms with Gasteiger partial charge in [0.1, 0.15) is 0 Å². The first-order valence-electron chi connectivity index (χ1n) is 9.86. The molecule has 2 aliphatic carbocycles. The molecular weight excluding hydrogens is 256 g/mol. The molecule has 0 amide bonds. The van der Waals surface area contributed by atoms with E-state index >= 15 is 0 Å². The molecule has 0 bridgehead atoms. The molecule has 21 heavy (non-hydrogen) atoms. The summed E-state index contributed by atoms with van der Waals surface area (Å²) in [6, 6.07) is 2.43. The van der Waals surface area contributed by atoms with E-state index in [9.17, 15) is 0 Å². The summed E-state index contributed by atoms with van der Waals surface area (Å²) in [5, 5.41) is 7.97. The summed E-state index contributed by atoms with van der Waals surface area (Å²) in [5.41, 5.74) is 0. The molecule has 0 aromatic heterocycles. The quantitative estimate of drug-likeness (QED) is 0.809. The Morgan fingerprint density at radius 2 is 1.76 bits per heavy atom. The summed E-state index contributed by atoms with van der Waals surface area (Å²) in [6.45, 7) is 3.64. The standard InChI is InChI=1S/C19H36N2/c1-2-15-8-7-9-16(14-15)21-19-12-4-3-10-17(19)18-11-5-6-13-20-18/h15-21H,2-14H2,1H3. The third kappa shape index (κ3) is 4.22. The van der Waals surface area contributed by atoms with Gasteiger partial charge in [0, 0.05) is 18.1 Å². The van der Waals surface area contributed by atoms with Gasteiger partial charge in [0.25, 0.3) is 0 Å². The highest BCUT2D eigenvalue weighted by atomic mass is 15.0. The van der Waals surface area contributed by atoms with Crippen LogP contribution in [0.15, 0.2) is 0 Å². The van der Waals surface area contributed by atoms with E-state index in [0.717, 1.165) is 30.0 Å². The van der Waals surface area contributed by atoms with Crippen LogP contribution in [0, 0.1) is 11.8 Å². The molecule has 2 saturated carbocycles. The van der Waals surface area contributed by atoms with E-state index < -0.39 is 0 Å². The van der Waals surface area contributed by atoms with Crippen molar-refractivity contribution in [2.75, 3.05) is 6.54 Å². The van der Waals surface area contributed by atoms with Crippen LogP contribution < -0.4 is 10.6 Å². The monoisotopic (exact) mass is 292 g/mol. The van der Waals surface area contributed by atoms with Gasteiger partial charge in [0.2, 0.25) is 0 Å². The predicted molar refractivity (Wildman–Crippen MR) is 90.6 cm³/mol. The summed E-state index contributed by atoms with van der Waals surface area (Å²) < 4.78 is 0. The molecule has 3 aliphatic rings. The minimum absolute atomic E-state index is 0.801. The molecule has 2 N–H and O–H groups in total. The Balaban J connectivity index is 1.56. The van der Waals surface area contributed by atoms with E-state index in [0.29, 0.717) is 0 Å². The molecule has 1 heterocycles. The van der Waals surface area contributed by atoms with Gasteiger partial charge in [-0.3, -0.25) is 0 Å². The van der Waals surface area contributed by atoms with Gasteiger partial charge in [0.05, 0.1) is 0 Å². The largest absolute Gasteiger partial charge is 0.314 e. The van der Waals surface area contributed by atoms with E-state index in [-0.39, 0.29) is 0 Å². The summed E-state index contributed by atoms with van der Waals surface area (Å²) >= 11 is 0. The maximum absolute atomic E-state index is 4.13. The Morgan fingerprint density at radius 1 is 0.905 bits per heavy atom. The van der Waals surface area contributed by atoms with Crippen LogP contribution in [0.25, 0.3) is 0 Å². The van der Waals surface area contributed by atoms with Gasteiger partial charge in [-0.2, -0.15) is 0 Å². The molecule has 3 fully saturated rings. The lowest BCUT2D eigenvalue weighted by molar-refractivity contribution is 0.154. The van der Waals surface area contributed by atoms with Crippen molar-refractivity contribution in [2.24, 2.45) is 11.8 Å². The van der Waals surface area contributed by atoms with E-state index in [1.54, 1.807) is 0 Å². The van der Waals surface area contributed by atoms with Crippen molar-refractivity contribution in [3.63, 3.8) is 0 Å². The van der Waals surface area contributed by atoms with Crippen molar-refractivity contribution in [1.29, 1.82) is 0 Å². The average molecular weight is 293 g/mol. The fourth-order valence-electron chi connectivity index (χ4n) is 5.21. The maximum atomic E-state index is 4.13. The minimum Gasteiger partial charge on any atom is -0.314 e. The zero-order valence-corrected chi connectivity index (χ0v) is 14.1. The van der Waals surface area contributed by atoms with Crippen molar-refractivity contribution in [3.8, 4) is 0 Å². The Bertz CT molecular complexity index is 298. The van der Waals surface area contributed by atoms with Crippen molar-refractivity contribution in [1.82, 2.24) is 10.6 Å². The topological polar surface area (TPSA) is 24.1 Å². The van der Waals surface area contributed by atoms with Crippen molar-refractivity contribution < 1.29 is 0 Å². The van der Waals surface area contributed by atoms with Gasteiger partial charge in [-0.15, -0.1) is 0 Å². The first kappa shape index (κ1) is 15.8. The second-order valence-corrected chi connectivity index (χ2v) is 7.92. The number of hydrogen-bond acceptors (Lipinski definition) is 2. The molecular formula is C19H36N2. The van der Waals surface area contributed by atoms with Crippen molar-refractivity contribution >= 4 is 0 Å². The molecule has 0 spiro atoms. The Labute approximate surface area is 131 Å². The molecule has 0 aromatic rings. The molecule has 2 heteroatoms. The van der Waals surface area contributed by atoms with Crippen LogP contribution in [0.1, 0.15) is 84.0 Å². The number of rotatable bonds is 4. The first-order chi connectivity index (χ1) is 10.4. The lowest BCUT2D eigenvalue weighted by Crippen LogP contribution is -2.53. The maximum Gasteiger partial charge on any atom is 0.0113 e. The van der Waals surface area contributed by atoms with Crippen LogP contribution in [0.3, 0.4) is 0 Å². The Kier molecular flexibility index (Phi) is 5.99. The van der Waals surface area contributed by atoms with Crippen LogP contribution in [0.5, 0.6) is 0 Å².